The van der Waals surface area contributed by atoms with Crippen LogP contribution < -0.4 is 0 Å². The highest BCUT2D eigenvalue weighted by atomic mass is 32.2. The number of aliphatic hydroxyl groups excluding tert-OH is 2. The molecule has 0 amide bonds. The van der Waals surface area contributed by atoms with Gasteiger partial charge < -0.3 is 10.2 Å². The molecule has 0 aromatic rings. The number of nitrogens with zero attached hydrogens (tertiary/aromatic N) is 4. The summed E-state index contributed by atoms with van der Waals surface area (Å²) in [5, 5.41) is 17.0. The Kier molecular flexibility index (Phi) is 7.82. The summed E-state index contributed by atoms with van der Waals surface area (Å²) in [5.74, 6) is 0. The zero-order valence-electron chi connectivity index (χ0n) is 14.1. The SMILES string of the molecule is O=S(=O)(O)C(CN1CCN(CCO)CC1)N1CCN(CCO)CC1. The van der Waals surface area contributed by atoms with Crippen molar-refractivity contribution in [2.75, 3.05) is 85.2 Å². The molecule has 0 aliphatic carbocycles. The molecule has 24 heavy (non-hydrogen) atoms. The molecule has 10 heteroatoms. The minimum atomic E-state index is -4.15. The number of rotatable bonds is 8. The molecule has 9 nitrogen and oxygen atoms in total. The van der Waals surface area contributed by atoms with Crippen LogP contribution in [0.1, 0.15) is 0 Å². The van der Waals surface area contributed by atoms with Crippen LogP contribution in [0.5, 0.6) is 0 Å². The predicted octanol–water partition coefficient (Wildman–Crippen LogP) is -2.58. The Morgan fingerprint density at radius 1 is 0.750 bits per heavy atom. The highest BCUT2D eigenvalue weighted by molar-refractivity contribution is 7.86. The van der Waals surface area contributed by atoms with Gasteiger partial charge in [-0.1, -0.05) is 0 Å². The third-order valence-corrected chi connectivity index (χ3v) is 6.00. The van der Waals surface area contributed by atoms with Crippen molar-refractivity contribution in [3.8, 4) is 0 Å². The van der Waals surface area contributed by atoms with Crippen LogP contribution in [0.15, 0.2) is 0 Å². The molecule has 1 atom stereocenters. The molecular formula is C14H30N4O5S. The quantitative estimate of drug-likeness (QED) is 0.399. The van der Waals surface area contributed by atoms with E-state index in [1.165, 1.54) is 0 Å². The first-order valence-corrected chi connectivity index (χ1v) is 10.0. The van der Waals surface area contributed by atoms with E-state index in [0.29, 0.717) is 45.8 Å². The summed E-state index contributed by atoms with van der Waals surface area (Å²) in [6.07, 6.45) is 0. The molecule has 0 radical (unpaired) electrons. The van der Waals surface area contributed by atoms with E-state index in [1.54, 1.807) is 0 Å². The van der Waals surface area contributed by atoms with Crippen molar-refractivity contribution < 1.29 is 23.2 Å². The molecule has 0 aromatic heterocycles. The fourth-order valence-electron chi connectivity index (χ4n) is 3.37. The minimum absolute atomic E-state index is 0.0971. The fourth-order valence-corrected chi connectivity index (χ4v) is 4.36. The molecule has 2 aliphatic rings. The Morgan fingerprint density at radius 2 is 1.17 bits per heavy atom. The van der Waals surface area contributed by atoms with Gasteiger partial charge in [-0.2, -0.15) is 8.42 Å². The number of hydrogen-bond donors (Lipinski definition) is 3. The van der Waals surface area contributed by atoms with Crippen molar-refractivity contribution in [1.29, 1.82) is 0 Å². The highest BCUT2D eigenvalue weighted by Crippen LogP contribution is 2.14. The van der Waals surface area contributed by atoms with Gasteiger partial charge in [0.25, 0.3) is 10.1 Å². The largest absolute Gasteiger partial charge is 0.395 e. The molecule has 2 heterocycles. The molecule has 2 aliphatic heterocycles. The van der Waals surface area contributed by atoms with Crippen molar-refractivity contribution in [3.05, 3.63) is 0 Å². The smallest absolute Gasteiger partial charge is 0.282 e. The second-order valence-corrected chi connectivity index (χ2v) is 8.01. The maximum atomic E-state index is 11.9. The zero-order chi connectivity index (χ0) is 17.6. The van der Waals surface area contributed by atoms with Crippen LogP contribution in [0.3, 0.4) is 0 Å². The fraction of sp³-hybridized carbons (Fsp3) is 1.00. The standard InChI is InChI=1S/C14H30N4O5S/c19-11-9-15-1-3-17(4-2-15)13-14(24(21,22)23)18-7-5-16(6-8-18)10-12-20/h14,19-20H,1-13H2,(H,21,22,23). The van der Waals surface area contributed by atoms with Gasteiger partial charge in [-0.05, 0) is 0 Å². The van der Waals surface area contributed by atoms with Gasteiger partial charge in [-0.25, -0.2) is 0 Å². The number of piperazine rings is 2. The van der Waals surface area contributed by atoms with E-state index >= 15 is 0 Å². The summed E-state index contributed by atoms with van der Waals surface area (Å²) >= 11 is 0. The Balaban J connectivity index is 1.89. The van der Waals surface area contributed by atoms with E-state index in [9.17, 15) is 13.0 Å². The lowest BCUT2D eigenvalue weighted by molar-refractivity contribution is 0.0693. The minimum Gasteiger partial charge on any atom is -0.395 e. The first-order chi connectivity index (χ1) is 11.4. The molecule has 0 aromatic carbocycles. The van der Waals surface area contributed by atoms with Crippen LogP contribution in [0.25, 0.3) is 0 Å². The van der Waals surface area contributed by atoms with Crippen molar-refractivity contribution in [2.45, 2.75) is 5.37 Å². The zero-order valence-corrected chi connectivity index (χ0v) is 14.9. The van der Waals surface area contributed by atoms with E-state index in [-0.39, 0.29) is 13.2 Å². The van der Waals surface area contributed by atoms with E-state index < -0.39 is 15.5 Å². The van der Waals surface area contributed by atoms with Crippen LogP contribution >= 0.6 is 0 Å². The van der Waals surface area contributed by atoms with Crippen LogP contribution in [-0.4, -0.2) is 133 Å². The lowest BCUT2D eigenvalue weighted by Gasteiger charge is -2.41. The van der Waals surface area contributed by atoms with E-state index in [0.717, 1.165) is 26.2 Å². The first kappa shape index (κ1) is 20.0. The number of β-amino-alcohol motifs (C(OH)–C–C–N with tert-alkyl or cyclic N) is 2. The lowest BCUT2D eigenvalue weighted by Crippen LogP contribution is -2.58. The molecule has 142 valence electrons. The van der Waals surface area contributed by atoms with Gasteiger partial charge in [-0.3, -0.25) is 24.2 Å². The van der Waals surface area contributed by atoms with Crippen LogP contribution in [0.4, 0.5) is 0 Å². The Bertz CT molecular complexity index is 462. The summed E-state index contributed by atoms with van der Waals surface area (Å²) in [6.45, 7) is 7.33. The van der Waals surface area contributed by atoms with Crippen molar-refractivity contribution >= 4 is 10.1 Å². The van der Waals surface area contributed by atoms with E-state index in [2.05, 4.69) is 14.7 Å². The van der Waals surface area contributed by atoms with Gasteiger partial charge in [0.2, 0.25) is 0 Å². The predicted molar refractivity (Wildman–Crippen MR) is 90.4 cm³/mol. The van der Waals surface area contributed by atoms with Crippen LogP contribution in [0, 0.1) is 0 Å². The Hall–Kier alpha value is -0.330. The average molecular weight is 366 g/mol. The molecular weight excluding hydrogens is 336 g/mol. The summed E-state index contributed by atoms with van der Waals surface area (Å²) in [7, 11) is -4.15. The Labute approximate surface area is 144 Å². The van der Waals surface area contributed by atoms with Crippen molar-refractivity contribution in [2.24, 2.45) is 0 Å². The third kappa shape index (κ3) is 5.88. The van der Waals surface area contributed by atoms with Gasteiger partial charge in [0.15, 0.2) is 5.37 Å². The van der Waals surface area contributed by atoms with Gasteiger partial charge in [-0.15, -0.1) is 0 Å². The van der Waals surface area contributed by atoms with Gasteiger partial charge in [0, 0.05) is 72.0 Å². The van der Waals surface area contributed by atoms with E-state index in [4.69, 9.17) is 10.2 Å². The van der Waals surface area contributed by atoms with Crippen molar-refractivity contribution in [3.63, 3.8) is 0 Å². The molecule has 2 saturated heterocycles. The normalized spacial score (nSPS) is 24.3. The molecule has 0 spiro atoms. The summed E-state index contributed by atoms with van der Waals surface area (Å²) in [5.41, 5.74) is 0. The van der Waals surface area contributed by atoms with Crippen molar-refractivity contribution in [1.82, 2.24) is 19.6 Å². The number of aliphatic hydroxyl groups is 2. The highest BCUT2D eigenvalue weighted by Gasteiger charge is 2.34. The molecule has 1 unspecified atom stereocenters. The van der Waals surface area contributed by atoms with Crippen LogP contribution in [-0.2, 0) is 10.1 Å². The van der Waals surface area contributed by atoms with Gasteiger partial charge in [0.05, 0.1) is 13.2 Å². The molecule has 3 N–H and O–H groups in total. The molecule has 0 bridgehead atoms. The monoisotopic (exact) mass is 366 g/mol. The lowest BCUT2D eigenvalue weighted by atomic mass is 10.2. The van der Waals surface area contributed by atoms with Gasteiger partial charge in [0.1, 0.15) is 0 Å². The molecule has 0 saturated carbocycles. The molecule has 2 rings (SSSR count). The number of hydrogen-bond acceptors (Lipinski definition) is 8. The van der Waals surface area contributed by atoms with E-state index in [1.807, 2.05) is 4.90 Å². The average Bonchev–Trinajstić information content (AvgIpc) is 2.55. The summed E-state index contributed by atoms with van der Waals surface area (Å²) < 4.78 is 33.4. The first-order valence-electron chi connectivity index (χ1n) is 8.53. The molecule has 2 fully saturated rings. The maximum Gasteiger partial charge on any atom is 0.282 e. The maximum absolute atomic E-state index is 11.9. The Morgan fingerprint density at radius 3 is 1.58 bits per heavy atom. The topological polar surface area (TPSA) is 108 Å². The summed E-state index contributed by atoms with van der Waals surface area (Å²) in [6, 6.07) is 0. The second kappa shape index (κ2) is 9.39. The third-order valence-electron chi connectivity index (χ3n) is 4.87. The summed E-state index contributed by atoms with van der Waals surface area (Å²) in [4.78, 5) is 8.12. The van der Waals surface area contributed by atoms with Crippen LogP contribution in [0.2, 0.25) is 0 Å². The van der Waals surface area contributed by atoms with Gasteiger partial charge >= 0.3 is 0 Å². The second-order valence-electron chi connectivity index (χ2n) is 6.44.